The molecule has 0 N–H and O–H groups in total. The van der Waals surface area contributed by atoms with Gasteiger partial charge in [-0.3, -0.25) is 9.59 Å². The van der Waals surface area contributed by atoms with Crippen LogP contribution in [0.4, 0.5) is 0 Å². The van der Waals surface area contributed by atoms with E-state index in [9.17, 15) is 14.4 Å². The first-order valence-electron chi connectivity index (χ1n) is 6.73. The smallest absolute Gasteiger partial charge is 0.319 e. The second-order valence-electron chi connectivity index (χ2n) is 4.99. The molecule has 1 saturated carbocycles. The molecule has 0 radical (unpaired) electrons. The maximum atomic E-state index is 12.3. The van der Waals surface area contributed by atoms with Gasteiger partial charge < -0.3 is 9.53 Å². The molecule has 0 heterocycles. The molecule has 1 rings (SSSR count). The molecule has 0 aliphatic heterocycles. The normalized spacial score (nSPS) is 24.4. The molecule has 0 aromatic rings. The molecular weight excluding hydrogens is 232 g/mol. The predicted molar refractivity (Wildman–Crippen MR) is 67.1 cm³/mol. The molecule has 1 atom stereocenters. The Balaban J connectivity index is 2.92. The van der Waals surface area contributed by atoms with Crippen molar-refractivity contribution in [1.29, 1.82) is 0 Å². The Morgan fingerprint density at radius 3 is 2.61 bits per heavy atom. The van der Waals surface area contributed by atoms with E-state index in [0.717, 1.165) is 19.3 Å². The summed E-state index contributed by atoms with van der Waals surface area (Å²) in [6.07, 6.45) is 4.18. The van der Waals surface area contributed by atoms with E-state index in [4.69, 9.17) is 4.74 Å². The van der Waals surface area contributed by atoms with Crippen molar-refractivity contribution in [3.63, 3.8) is 0 Å². The number of carbonyl (C=O) groups excluding carboxylic acids is 3. The minimum absolute atomic E-state index is 0.00993. The molecule has 4 nitrogen and oxygen atoms in total. The number of ketones is 2. The van der Waals surface area contributed by atoms with Crippen molar-refractivity contribution in [3.05, 3.63) is 0 Å². The second-order valence-corrected chi connectivity index (χ2v) is 4.99. The minimum Gasteiger partial charge on any atom is -0.465 e. The van der Waals surface area contributed by atoms with E-state index in [0.29, 0.717) is 19.3 Å². The summed E-state index contributed by atoms with van der Waals surface area (Å²) >= 11 is 0. The molecule has 0 aromatic heterocycles. The zero-order chi connectivity index (χ0) is 13.6. The number of esters is 1. The standard InChI is InChI=1S/C14H22O4/c1-3-18-13(17)14(10-8-11(2)15)9-6-4-5-7-12(14)16/h3-10H2,1-2H3/t14-/m1/s1. The highest BCUT2D eigenvalue weighted by atomic mass is 16.5. The molecule has 0 unspecified atom stereocenters. The summed E-state index contributed by atoms with van der Waals surface area (Å²) in [4.78, 5) is 35.5. The van der Waals surface area contributed by atoms with E-state index in [-0.39, 0.29) is 24.6 Å². The maximum Gasteiger partial charge on any atom is 0.319 e. The van der Waals surface area contributed by atoms with Crippen molar-refractivity contribution in [1.82, 2.24) is 0 Å². The van der Waals surface area contributed by atoms with Crippen molar-refractivity contribution >= 4 is 17.5 Å². The molecule has 0 amide bonds. The predicted octanol–water partition coefficient (Wildman–Crippen LogP) is 2.44. The van der Waals surface area contributed by atoms with Gasteiger partial charge in [-0.25, -0.2) is 0 Å². The van der Waals surface area contributed by atoms with Crippen LogP contribution in [0.3, 0.4) is 0 Å². The highest BCUT2D eigenvalue weighted by Gasteiger charge is 2.46. The molecule has 4 heteroatoms. The molecule has 1 aliphatic rings. The second kappa shape index (κ2) is 6.66. The van der Waals surface area contributed by atoms with Crippen molar-refractivity contribution in [2.24, 2.45) is 5.41 Å². The average Bonchev–Trinajstić information content (AvgIpc) is 2.50. The zero-order valence-electron chi connectivity index (χ0n) is 11.3. The average molecular weight is 254 g/mol. The third-order valence-electron chi connectivity index (χ3n) is 3.61. The fourth-order valence-electron chi connectivity index (χ4n) is 2.51. The molecule has 1 fully saturated rings. The van der Waals surface area contributed by atoms with Crippen LogP contribution in [-0.2, 0) is 19.1 Å². The van der Waals surface area contributed by atoms with Gasteiger partial charge in [0, 0.05) is 12.8 Å². The largest absolute Gasteiger partial charge is 0.465 e. The zero-order valence-corrected chi connectivity index (χ0v) is 11.3. The van der Waals surface area contributed by atoms with Crippen molar-refractivity contribution < 1.29 is 19.1 Å². The summed E-state index contributed by atoms with van der Waals surface area (Å²) in [6, 6.07) is 0. The van der Waals surface area contributed by atoms with E-state index >= 15 is 0 Å². The summed E-state index contributed by atoms with van der Waals surface area (Å²) < 4.78 is 5.07. The molecule has 0 saturated heterocycles. The lowest BCUT2D eigenvalue weighted by Crippen LogP contribution is -2.40. The van der Waals surface area contributed by atoms with Crippen molar-refractivity contribution in [2.45, 2.75) is 58.8 Å². The quantitative estimate of drug-likeness (QED) is 0.429. The Kier molecular flexibility index (Phi) is 5.51. The van der Waals surface area contributed by atoms with Crippen LogP contribution >= 0.6 is 0 Å². The Labute approximate surface area is 108 Å². The van der Waals surface area contributed by atoms with Crippen LogP contribution in [0.15, 0.2) is 0 Å². The summed E-state index contributed by atoms with van der Waals surface area (Å²) in [7, 11) is 0. The van der Waals surface area contributed by atoms with E-state index in [2.05, 4.69) is 0 Å². The summed E-state index contributed by atoms with van der Waals surface area (Å²) in [6.45, 7) is 3.49. The van der Waals surface area contributed by atoms with Crippen LogP contribution in [-0.4, -0.2) is 24.1 Å². The van der Waals surface area contributed by atoms with E-state index < -0.39 is 11.4 Å². The van der Waals surface area contributed by atoms with Gasteiger partial charge in [0.25, 0.3) is 0 Å². The monoisotopic (exact) mass is 254 g/mol. The van der Waals surface area contributed by atoms with E-state index in [1.54, 1.807) is 6.92 Å². The van der Waals surface area contributed by atoms with E-state index in [1.165, 1.54) is 6.92 Å². The lowest BCUT2D eigenvalue weighted by molar-refractivity contribution is -0.161. The van der Waals surface area contributed by atoms with Gasteiger partial charge in [-0.2, -0.15) is 0 Å². The van der Waals surface area contributed by atoms with Gasteiger partial charge in [-0.15, -0.1) is 0 Å². The number of Topliss-reactive ketones (excluding diaryl/α,β-unsaturated/α-hetero) is 2. The molecule has 0 aromatic carbocycles. The van der Waals surface area contributed by atoms with Gasteiger partial charge in [0.1, 0.15) is 17.0 Å². The van der Waals surface area contributed by atoms with Gasteiger partial charge in [0.15, 0.2) is 0 Å². The minimum atomic E-state index is -1.06. The fraction of sp³-hybridized carbons (Fsp3) is 0.786. The van der Waals surface area contributed by atoms with Crippen LogP contribution in [0.5, 0.6) is 0 Å². The molecule has 0 bridgehead atoms. The molecule has 102 valence electrons. The van der Waals surface area contributed by atoms with Gasteiger partial charge in [0.05, 0.1) is 6.61 Å². The maximum absolute atomic E-state index is 12.3. The van der Waals surface area contributed by atoms with Gasteiger partial charge in [-0.1, -0.05) is 12.8 Å². The van der Waals surface area contributed by atoms with Gasteiger partial charge in [-0.05, 0) is 33.1 Å². The van der Waals surface area contributed by atoms with Crippen molar-refractivity contribution in [2.75, 3.05) is 6.61 Å². The summed E-state index contributed by atoms with van der Waals surface area (Å²) in [5.41, 5.74) is -1.06. The highest BCUT2D eigenvalue weighted by Crippen LogP contribution is 2.37. The molecule has 18 heavy (non-hydrogen) atoms. The van der Waals surface area contributed by atoms with Gasteiger partial charge in [0.2, 0.25) is 0 Å². The lowest BCUT2D eigenvalue weighted by atomic mass is 9.75. The third-order valence-corrected chi connectivity index (χ3v) is 3.61. The van der Waals surface area contributed by atoms with Crippen molar-refractivity contribution in [3.8, 4) is 0 Å². The first kappa shape index (κ1) is 14.9. The summed E-state index contributed by atoms with van der Waals surface area (Å²) in [5, 5.41) is 0. The fourth-order valence-corrected chi connectivity index (χ4v) is 2.51. The van der Waals surface area contributed by atoms with Crippen LogP contribution in [0, 0.1) is 5.41 Å². The van der Waals surface area contributed by atoms with Crippen LogP contribution in [0.2, 0.25) is 0 Å². The molecule has 1 aliphatic carbocycles. The lowest BCUT2D eigenvalue weighted by Gasteiger charge is -2.28. The molecular formula is C14H22O4. The van der Waals surface area contributed by atoms with Crippen LogP contribution in [0.25, 0.3) is 0 Å². The Morgan fingerprint density at radius 2 is 2.00 bits per heavy atom. The first-order valence-corrected chi connectivity index (χ1v) is 6.73. The number of hydrogen-bond acceptors (Lipinski definition) is 4. The molecule has 0 spiro atoms. The van der Waals surface area contributed by atoms with Crippen LogP contribution in [0.1, 0.15) is 58.8 Å². The Hall–Kier alpha value is -1.19. The van der Waals surface area contributed by atoms with Gasteiger partial charge >= 0.3 is 5.97 Å². The highest BCUT2D eigenvalue weighted by molar-refractivity contribution is 6.04. The number of ether oxygens (including phenoxy) is 1. The van der Waals surface area contributed by atoms with Crippen LogP contribution < -0.4 is 0 Å². The Bertz CT molecular complexity index is 335. The Morgan fingerprint density at radius 1 is 1.28 bits per heavy atom. The third kappa shape index (κ3) is 3.40. The number of hydrogen-bond donors (Lipinski definition) is 0. The number of carbonyl (C=O) groups is 3. The van der Waals surface area contributed by atoms with E-state index in [1.807, 2.05) is 0 Å². The SMILES string of the molecule is CCOC(=O)[C@@]1(CCC(C)=O)CCCCCC1=O. The number of rotatable bonds is 5. The first-order chi connectivity index (χ1) is 8.53. The summed E-state index contributed by atoms with van der Waals surface area (Å²) in [5.74, 6) is -0.464. The topological polar surface area (TPSA) is 60.4 Å².